The summed E-state index contributed by atoms with van der Waals surface area (Å²) in [6, 6.07) is 0.916. The second kappa shape index (κ2) is 2.84. The van der Waals surface area contributed by atoms with E-state index in [0.29, 0.717) is 0 Å². The lowest BCUT2D eigenvalue weighted by Crippen LogP contribution is -2.03. The maximum Gasteiger partial charge on any atom is 0.336 e. The SMILES string of the molecule is O=C(O)c1cc(O)c(O)c2c1C=CC2=O. The van der Waals surface area contributed by atoms with Gasteiger partial charge in [0.15, 0.2) is 17.3 Å². The zero-order valence-corrected chi connectivity index (χ0v) is 7.39. The van der Waals surface area contributed by atoms with Crippen LogP contribution in [0.15, 0.2) is 12.1 Å². The van der Waals surface area contributed by atoms with Crippen molar-refractivity contribution in [1.29, 1.82) is 0 Å². The molecule has 1 aromatic carbocycles. The third-order valence-corrected chi connectivity index (χ3v) is 2.20. The van der Waals surface area contributed by atoms with Gasteiger partial charge in [0.05, 0.1) is 11.1 Å². The summed E-state index contributed by atoms with van der Waals surface area (Å²) < 4.78 is 0. The molecule has 0 bridgehead atoms. The van der Waals surface area contributed by atoms with Crippen molar-refractivity contribution < 1.29 is 24.9 Å². The Labute approximate surface area is 83.9 Å². The molecule has 76 valence electrons. The first-order valence-corrected chi connectivity index (χ1v) is 4.07. The Morgan fingerprint density at radius 2 is 1.87 bits per heavy atom. The third kappa shape index (κ3) is 1.17. The van der Waals surface area contributed by atoms with Gasteiger partial charge in [-0.1, -0.05) is 0 Å². The van der Waals surface area contributed by atoms with Gasteiger partial charge in [-0.3, -0.25) is 4.79 Å². The Balaban J connectivity index is 2.83. The molecule has 1 aliphatic rings. The van der Waals surface area contributed by atoms with E-state index in [9.17, 15) is 19.8 Å². The number of aromatic carboxylic acids is 1. The molecule has 0 fully saturated rings. The van der Waals surface area contributed by atoms with Gasteiger partial charge in [-0.15, -0.1) is 0 Å². The number of benzene rings is 1. The molecule has 0 saturated heterocycles. The molecule has 0 atom stereocenters. The number of carbonyl (C=O) groups excluding carboxylic acids is 1. The van der Waals surface area contributed by atoms with E-state index in [2.05, 4.69) is 0 Å². The molecule has 0 amide bonds. The van der Waals surface area contributed by atoms with Crippen LogP contribution in [0.4, 0.5) is 0 Å². The fourth-order valence-corrected chi connectivity index (χ4v) is 1.51. The highest BCUT2D eigenvalue weighted by atomic mass is 16.4. The summed E-state index contributed by atoms with van der Waals surface area (Å²) in [6.45, 7) is 0. The number of hydrogen-bond acceptors (Lipinski definition) is 4. The second-order valence-electron chi connectivity index (χ2n) is 3.08. The Bertz CT molecular complexity index is 513. The molecule has 0 aliphatic heterocycles. The molecule has 0 radical (unpaired) electrons. The number of carboxylic acid groups (broad SMARTS) is 1. The lowest BCUT2D eigenvalue weighted by molar-refractivity contribution is 0.0696. The van der Waals surface area contributed by atoms with E-state index in [1.807, 2.05) is 0 Å². The number of carboxylic acids is 1. The van der Waals surface area contributed by atoms with E-state index in [1.54, 1.807) is 0 Å². The van der Waals surface area contributed by atoms with E-state index < -0.39 is 23.3 Å². The van der Waals surface area contributed by atoms with E-state index >= 15 is 0 Å². The lowest BCUT2D eigenvalue weighted by atomic mass is 10.0. The molecule has 0 saturated carbocycles. The largest absolute Gasteiger partial charge is 0.504 e. The van der Waals surface area contributed by atoms with Crippen LogP contribution in [0.3, 0.4) is 0 Å². The highest BCUT2D eigenvalue weighted by molar-refractivity contribution is 6.18. The maximum atomic E-state index is 11.3. The predicted molar refractivity (Wildman–Crippen MR) is 50.1 cm³/mol. The minimum Gasteiger partial charge on any atom is -0.504 e. The number of phenols is 2. The number of fused-ring (bicyclic) bond motifs is 1. The van der Waals surface area contributed by atoms with Crippen LogP contribution in [0.5, 0.6) is 11.5 Å². The molecule has 0 spiro atoms. The molecule has 5 nitrogen and oxygen atoms in total. The Morgan fingerprint density at radius 1 is 1.20 bits per heavy atom. The van der Waals surface area contributed by atoms with Crippen LogP contribution in [0, 0.1) is 0 Å². The summed E-state index contributed by atoms with van der Waals surface area (Å²) in [5.41, 5.74) is -0.238. The van der Waals surface area contributed by atoms with Crippen LogP contribution in [0.2, 0.25) is 0 Å². The number of phenolic OH excluding ortho intramolecular Hbond substituents is 2. The molecule has 2 rings (SSSR count). The molecule has 1 aliphatic carbocycles. The van der Waals surface area contributed by atoms with Crippen LogP contribution >= 0.6 is 0 Å². The van der Waals surface area contributed by atoms with Gasteiger partial charge in [0.1, 0.15) is 0 Å². The number of carbonyl (C=O) groups is 2. The van der Waals surface area contributed by atoms with Crippen LogP contribution < -0.4 is 0 Å². The van der Waals surface area contributed by atoms with Gasteiger partial charge >= 0.3 is 5.97 Å². The van der Waals surface area contributed by atoms with E-state index in [4.69, 9.17) is 5.11 Å². The van der Waals surface area contributed by atoms with Gasteiger partial charge in [0.2, 0.25) is 0 Å². The fourth-order valence-electron chi connectivity index (χ4n) is 1.51. The van der Waals surface area contributed by atoms with Crippen molar-refractivity contribution >= 4 is 17.8 Å². The van der Waals surface area contributed by atoms with Crippen LogP contribution in [0.25, 0.3) is 6.08 Å². The molecule has 15 heavy (non-hydrogen) atoms. The van der Waals surface area contributed by atoms with Crippen molar-refractivity contribution in [2.24, 2.45) is 0 Å². The smallest absolute Gasteiger partial charge is 0.336 e. The topological polar surface area (TPSA) is 94.8 Å². The Kier molecular flexibility index (Phi) is 1.76. The monoisotopic (exact) mass is 206 g/mol. The van der Waals surface area contributed by atoms with Crippen molar-refractivity contribution in [2.75, 3.05) is 0 Å². The standard InChI is InChI=1S/C10H6O5/c11-6-2-1-4-5(10(14)15)3-7(12)9(13)8(4)6/h1-3,12-13H,(H,14,15). The molecular formula is C10H6O5. The van der Waals surface area contributed by atoms with Gasteiger partial charge in [-0.05, 0) is 18.2 Å². The van der Waals surface area contributed by atoms with Crippen LogP contribution in [-0.4, -0.2) is 27.1 Å². The summed E-state index contributed by atoms with van der Waals surface area (Å²) in [4.78, 5) is 22.1. The first-order valence-electron chi connectivity index (χ1n) is 4.07. The second-order valence-corrected chi connectivity index (χ2v) is 3.08. The molecule has 0 unspecified atom stereocenters. The van der Waals surface area contributed by atoms with Crippen LogP contribution in [0.1, 0.15) is 26.3 Å². The van der Waals surface area contributed by atoms with Gasteiger partial charge in [0.25, 0.3) is 0 Å². The zero-order valence-electron chi connectivity index (χ0n) is 7.39. The highest BCUT2D eigenvalue weighted by Gasteiger charge is 2.26. The van der Waals surface area contributed by atoms with Gasteiger partial charge in [-0.2, -0.15) is 0 Å². The zero-order chi connectivity index (χ0) is 11.2. The normalized spacial score (nSPS) is 12.9. The predicted octanol–water partition coefficient (Wildman–Crippen LogP) is 1.01. The molecular weight excluding hydrogens is 200 g/mol. The van der Waals surface area contributed by atoms with Crippen molar-refractivity contribution in [3.05, 3.63) is 28.8 Å². The first kappa shape index (κ1) is 9.26. The van der Waals surface area contributed by atoms with Crippen molar-refractivity contribution in [3.63, 3.8) is 0 Å². The van der Waals surface area contributed by atoms with Crippen LogP contribution in [-0.2, 0) is 0 Å². The lowest BCUT2D eigenvalue weighted by Gasteiger charge is -2.06. The van der Waals surface area contributed by atoms with Crippen molar-refractivity contribution in [2.45, 2.75) is 0 Å². The van der Waals surface area contributed by atoms with Gasteiger partial charge in [-0.25, -0.2) is 4.79 Å². The Hall–Kier alpha value is -2.30. The van der Waals surface area contributed by atoms with E-state index in [1.165, 1.54) is 6.08 Å². The number of allylic oxidation sites excluding steroid dienone is 1. The minimum absolute atomic E-state index is 0.128. The number of hydrogen-bond donors (Lipinski definition) is 3. The first-order chi connectivity index (χ1) is 7.02. The summed E-state index contributed by atoms with van der Waals surface area (Å²) in [5, 5.41) is 27.4. The average Bonchev–Trinajstić information content (AvgIpc) is 2.54. The van der Waals surface area contributed by atoms with E-state index in [0.717, 1.165) is 12.1 Å². The van der Waals surface area contributed by atoms with Gasteiger partial charge < -0.3 is 15.3 Å². The maximum absolute atomic E-state index is 11.3. The quantitative estimate of drug-likeness (QED) is 0.596. The summed E-state index contributed by atoms with van der Waals surface area (Å²) in [7, 11) is 0. The molecule has 3 N–H and O–H groups in total. The molecule has 1 aromatic rings. The highest BCUT2D eigenvalue weighted by Crippen LogP contribution is 2.38. The van der Waals surface area contributed by atoms with Crippen molar-refractivity contribution in [1.82, 2.24) is 0 Å². The third-order valence-electron chi connectivity index (χ3n) is 2.20. The molecule has 0 aromatic heterocycles. The molecule has 0 heterocycles. The van der Waals surface area contributed by atoms with Crippen molar-refractivity contribution in [3.8, 4) is 11.5 Å². The number of ketones is 1. The van der Waals surface area contributed by atoms with E-state index in [-0.39, 0.29) is 16.7 Å². The summed E-state index contributed by atoms with van der Waals surface area (Å²) >= 11 is 0. The summed E-state index contributed by atoms with van der Waals surface area (Å²) in [6.07, 6.45) is 2.45. The number of rotatable bonds is 1. The average molecular weight is 206 g/mol. The minimum atomic E-state index is -1.26. The fraction of sp³-hybridized carbons (Fsp3) is 0. The molecule has 5 heteroatoms. The Morgan fingerprint density at radius 3 is 2.47 bits per heavy atom. The summed E-state index contributed by atoms with van der Waals surface area (Å²) in [5.74, 6) is -2.96. The number of aromatic hydroxyl groups is 2. The van der Waals surface area contributed by atoms with Gasteiger partial charge in [0, 0.05) is 5.56 Å².